The fraction of sp³-hybridized carbons (Fsp3) is 0.562. The van der Waals surface area contributed by atoms with Gasteiger partial charge in [-0.05, 0) is 31.9 Å². The Morgan fingerprint density at radius 2 is 1.87 bits per heavy atom. The Morgan fingerprint density at radius 1 is 1.17 bits per heavy atom. The van der Waals surface area contributed by atoms with Crippen LogP contribution in [0, 0.1) is 0 Å². The molecule has 0 saturated heterocycles. The molecule has 7 nitrogen and oxygen atoms in total. The van der Waals surface area contributed by atoms with Gasteiger partial charge >= 0.3 is 6.03 Å². The highest BCUT2D eigenvalue weighted by molar-refractivity contribution is 5.98. The van der Waals surface area contributed by atoms with Gasteiger partial charge in [0.25, 0.3) is 5.91 Å². The molecule has 0 spiro atoms. The van der Waals surface area contributed by atoms with Crippen LogP contribution < -0.4 is 16.0 Å². The summed E-state index contributed by atoms with van der Waals surface area (Å²) in [6.45, 7) is 5.27. The maximum absolute atomic E-state index is 12.1. The number of amides is 3. The van der Waals surface area contributed by atoms with E-state index >= 15 is 0 Å². The third-order valence-corrected chi connectivity index (χ3v) is 3.86. The van der Waals surface area contributed by atoms with Crippen molar-refractivity contribution in [3.05, 3.63) is 22.9 Å². The minimum Gasteiger partial charge on any atom is -0.367 e. The molecule has 126 valence electrons. The quantitative estimate of drug-likeness (QED) is 0.776. The van der Waals surface area contributed by atoms with Gasteiger partial charge in [-0.1, -0.05) is 0 Å². The SMILES string of the molecule is CNC(=O)c1cc2c(nc1NC(C)C)CCN(C(=O)NC)CC2. The molecule has 2 heterocycles. The molecule has 0 fully saturated rings. The van der Waals surface area contributed by atoms with E-state index in [-0.39, 0.29) is 18.0 Å². The third-order valence-electron chi connectivity index (χ3n) is 3.86. The molecule has 0 aliphatic carbocycles. The van der Waals surface area contributed by atoms with Gasteiger partial charge in [0.2, 0.25) is 0 Å². The van der Waals surface area contributed by atoms with E-state index in [2.05, 4.69) is 20.9 Å². The smallest absolute Gasteiger partial charge is 0.317 e. The highest BCUT2D eigenvalue weighted by Gasteiger charge is 2.22. The summed E-state index contributed by atoms with van der Waals surface area (Å²) in [6.07, 6.45) is 1.38. The Bertz CT molecular complexity index is 600. The molecule has 23 heavy (non-hydrogen) atoms. The number of nitrogens with one attached hydrogen (secondary N) is 3. The standard InChI is InChI=1S/C16H25N5O2/c1-10(2)19-14-12(15(22)17-3)9-11-5-7-21(16(23)18-4)8-6-13(11)20-14/h9-10H,5-8H2,1-4H3,(H,17,22)(H,18,23)(H,19,20). The van der Waals surface area contributed by atoms with Crippen LogP contribution in [0.5, 0.6) is 0 Å². The van der Waals surface area contributed by atoms with Crippen molar-refractivity contribution in [1.29, 1.82) is 0 Å². The number of aromatic nitrogens is 1. The average Bonchev–Trinajstić information content (AvgIpc) is 2.74. The van der Waals surface area contributed by atoms with E-state index in [0.717, 1.165) is 11.3 Å². The van der Waals surface area contributed by atoms with Gasteiger partial charge in [0.15, 0.2) is 0 Å². The van der Waals surface area contributed by atoms with Gasteiger partial charge in [-0.2, -0.15) is 0 Å². The molecule has 0 radical (unpaired) electrons. The highest BCUT2D eigenvalue weighted by Crippen LogP contribution is 2.22. The van der Waals surface area contributed by atoms with Crippen LogP contribution in [0.15, 0.2) is 6.07 Å². The van der Waals surface area contributed by atoms with Gasteiger partial charge in [-0.25, -0.2) is 9.78 Å². The van der Waals surface area contributed by atoms with Crippen LogP contribution in [0.25, 0.3) is 0 Å². The van der Waals surface area contributed by atoms with Crippen LogP contribution in [0.3, 0.4) is 0 Å². The van der Waals surface area contributed by atoms with Crippen molar-refractivity contribution >= 4 is 17.8 Å². The highest BCUT2D eigenvalue weighted by atomic mass is 16.2. The van der Waals surface area contributed by atoms with E-state index < -0.39 is 0 Å². The second kappa shape index (κ2) is 7.30. The predicted octanol–water partition coefficient (Wildman–Crippen LogP) is 1.00. The van der Waals surface area contributed by atoms with Crippen LogP contribution in [0.1, 0.15) is 35.5 Å². The van der Waals surface area contributed by atoms with Crippen LogP contribution >= 0.6 is 0 Å². The number of fused-ring (bicyclic) bond motifs is 1. The van der Waals surface area contributed by atoms with Gasteiger partial charge < -0.3 is 20.9 Å². The summed E-state index contributed by atoms with van der Waals surface area (Å²) in [5.74, 6) is 0.447. The number of carbonyl (C=O) groups is 2. The summed E-state index contributed by atoms with van der Waals surface area (Å²) >= 11 is 0. The van der Waals surface area contributed by atoms with Crippen molar-refractivity contribution in [2.24, 2.45) is 0 Å². The number of carbonyl (C=O) groups excluding carboxylic acids is 2. The Morgan fingerprint density at radius 3 is 2.48 bits per heavy atom. The van der Waals surface area contributed by atoms with Crippen molar-refractivity contribution in [3.8, 4) is 0 Å². The van der Waals surface area contributed by atoms with Gasteiger partial charge in [0.1, 0.15) is 5.82 Å². The molecular weight excluding hydrogens is 294 g/mol. The summed E-state index contributed by atoms with van der Waals surface area (Å²) in [7, 11) is 3.24. The minimum atomic E-state index is -0.157. The number of hydrogen-bond donors (Lipinski definition) is 3. The lowest BCUT2D eigenvalue weighted by molar-refractivity contribution is 0.0963. The Hall–Kier alpha value is -2.31. The second-order valence-electron chi connectivity index (χ2n) is 5.91. The first-order valence-corrected chi connectivity index (χ1v) is 7.94. The van der Waals surface area contributed by atoms with Crippen molar-refractivity contribution in [2.75, 3.05) is 32.5 Å². The maximum Gasteiger partial charge on any atom is 0.317 e. The fourth-order valence-corrected chi connectivity index (χ4v) is 2.69. The summed E-state index contributed by atoms with van der Waals surface area (Å²) in [4.78, 5) is 30.4. The predicted molar refractivity (Wildman–Crippen MR) is 89.8 cm³/mol. The first kappa shape index (κ1) is 17.1. The van der Waals surface area contributed by atoms with Crippen LogP contribution in [-0.2, 0) is 12.8 Å². The normalized spacial score (nSPS) is 14.0. The molecule has 7 heteroatoms. The lowest BCUT2D eigenvalue weighted by Gasteiger charge is -2.18. The Labute approximate surface area is 136 Å². The van der Waals surface area contributed by atoms with Crippen LogP contribution in [-0.4, -0.2) is 55.0 Å². The zero-order chi connectivity index (χ0) is 17.0. The van der Waals surface area contributed by atoms with E-state index in [0.29, 0.717) is 37.3 Å². The Kier molecular flexibility index (Phi) is 5.41. The molecule has 0 unspecified atom stereocenters. The molecular formula is C16H25N5O2. The number of rotatable bonds is 3. The molecule has 1 aromatic rings. The fourth-order valence-electron chi connectivity index (χ4n) is 2.69. The number of nitrogens with zero attached hydrogens (tertiary/aromatic N) is 2. The number of hydrogen-bond acceptors (Lipinski definition) is 4. The molecule has 2 rings (SSSR count). The zero-order valence-electron chi connectivity index (χ0n) is 14.2. The Balaban J connectivity index is 2.34. The van der Waals surface area contributed by atoms with Crippen LogP contribution in [0.4, 0.5) is 10.6 Å². The molecule has 0 aromatic carbocycles. The topological polar surface area (TPSA) is 86.4 Å². The molecule has 1 aliphatic rings. The largest absolute Gasteiger partial charge is 0.367 e. The van der Waals surface area contributed by atoms with Crippen molar-refractivity contribution in [3.63, 3.8) is 0 Å². The van der Waals surface area contributed by atoms with E-state index in [1.54, 1.807) is 19.0 Å². The summed E-state index contributed by atoms with van der Waals surface area (Å²) < 4.78 is 0. The summed E-state index contributed by atoms with van der Waals surface area (Å²) in [5.41, 5.74) is 2.53. The van der Waals surface area contributed by atoms with Gasteiger partial charge in [-0.15, -0.1) is 0 Å². The average molecular weight is 319 g/mol. The molecule has 0 bridgehead atoms. The van der Waals surface area contributed by atoms with E-state index in [9.17, 15) is 9.59 Å². The first-order valence-electron chi connectivity index (χ1n) is 7.94. The van der Waals surface area contributed by atoms with Crippen molar-refractivity contribution in [1.82, 2.24) is 20.5 Å². The molecule has 0 atom stereocenters. The monoisotopic (exact) mass is 319 g/mol. The lowest BCUT2D eigenvalue weighted by atomic mass is 10.0. The van der Waals surface area contributed by atoms with Crippen molar-refractivity contribution < 1.29 is 9.59 Å². The van der Waals surface area contributed by atoms with E-state index in [1.807, 2.05) is 19.9 Å². The second-order valence-corrected chi connectivity index (χ2v) is 5.91. The zero-order valence-corrected chi connectivity index (χ0v) is 14.2. The van der Waals surface area contributed by atoms with E-state index in [4.69, 9.17) is 0 Å². The number of urea groups is 1. The maximum atomic E-state index is 12.1. The van der Waals surface area contributed by atoms with Crippen LogP contribution in [0.2, 0.25) is 0 Å². The third kappa shape index (κ3) is 3.91. The van der Waals surface area contributed by atoms with Crippen molar-refractivity contribution in [2.45, 2.75) is 32.7 Å². The molecule has 1 aromatic heterocycles. The first-order chi connectivity index (χ1) is 11.0. The molecule has 1 aliphatic heterocycles. The van der Waals surface area contributed by atoms with Gasteiger partial charge in [-0.3, -0.25) is 4.79 Å². The molecule has 3 amide bonds. The minimum absolute atomic E-state index is 0.0788. The molecule has 0 saturated carbocycles. The number of anilines is 1. The van der Waals surface area contributed by atoms with Gasteiger partial charge in [0.05, 0.1) is 5.56 Å². The number of pyridine rings is 1. The molecule has 3 N–H and O–H groups in total. The summed E-state index contributed by atoms with van der Waals surface area (Å²) in [5, 5.41) is 8.56. The summed E-state index contributed by atoms with van der Waals surface area (Å²) in [6, 6.07) is 2.00. The van der Waals surface area contributed by atoms with Gasteiger partial charge in [0, 0.05) is 45.3 Å². The van der Waals surface area contributed by atoms with E-state index in [1.165, 1.54) is 0 Å². The lowest BCUT2D eigenvalue weighted by Crippen LogP contribution is -2.39.